The van der Waals surface area contributed by atoms with Crippen LogP contribution in [0.3, 0.4) is 0 Å². The van der Waals surface area contributed by atoms with Gasteiger partial charge in [-0.25, -0.2) is 9.97 Å². The van der Waals surface area contributed by atoms with E-state index in [4.69, 9.17) is 0 Å². The van der Waals surface area contributed by atoms with Crippen molar-refractivity contribution in [2.75, 3.05) is 43.4 Å². The number of piperazine rings is 1. The van der Waals surface area contributed by atoms with Gasteiger partial charge in [-0.1, -0.05) is 13.8 Å². The number of likely N-dealkylation sites (N-methyl/N-ethyl adjacent to an activating group) is 1. The van der Waals surface area contributed by atoms with Crippen LogP contribution in [-0.2, 0) is 6.42 Å². The maximum absolute atomic E-state index is 4.57. The maximum atomic E-state index is 4.57. The van der Waals surface area contributed by atoms with E-state index >= 15 is 0 Å². The number of rotatable bonds is 5. The molecule has 2 heterocycles. The molecule has 0 saturated carbocycles. The molecule has 2 rings (SSSR count). The fourth-order valence-corrected chi connectivity index (χ4v) is 2.83. The standard InChI is InChI=1S/C15H27N5/c1-5-7-16-14-13(6-2)15(18-11-17-14)20-9-8-19(4)10-12(20)3/h11-12H,5-10H2,1-4H3,(H,16,17,18). The minimum absolute atomic E-state index is 0.493. The van der Waals surface area contributed by atoms with Gasteiger partial charge in [-0.15, -0.1) is 0 Å². The van der Waals surface area contributed by atoms with Crippen LogP contribution in [0.4, 0.5) is 11.6 Å². The van der Waals surface area contributed by atoms with Gasteiger partial charge in [-0.05, 0) is 26.8 Å². The fourth-order valence-electron chi connectivity index (χ4n) is 2.83. The lowest BCUT2D eigenvalue weighted by atomic mass is 10.1. The molecule has 1 N–H and O–H groups in total. The number of hydrogen-bond donors (Lipinski definition) is 1. The largest absolute Gasteiger partial charge is 0.370 e. The predicted octanol–water partition coefficient (Wildman–Crippen LogP) is 2.00. The van der Waals surface area contributed by atoms with Gasteiger partial charge >= 0.3 is 0 Å². The third-order valence-electron chi connectivity index (χ3n) is 3.92. The van der Waals surface area contributed by atoms with Gasteiger partial charge < -0.3 is 15.1 Å². The Morgan fingerprint density at radius 3 is 2.75 bits per heavy atom. The zero-order valence-corrected chi connectivity index (χ0v) is 13.2. The van der Waals surface area contributed by atoms with Crippen LogP contribution >= 0.6 is 0 Å². The quantitative estimate of drug-likeness (QED) is 0.892. The SMILES string of the molecule is CCCNc1ncnc(N2CCN(C)CC2C)c1CC. The summed E-state index contributed by atoms with van der Waals surface area (Å²) in [4.78, 5) is 13.8. The lowest BCUT2D eigenvalue weighted by Gasteiger charge is -2.39. The Hall–Kier alpha value is -1.36. The van der Waals surface area contributed by atoms with Crippen molar-refractivity contribution in [2.24, 2.45) is 0 Å². The number of anilines is 2. The minimum Gasteiger partial charge on any atom is -0.370 e. The van der Waals surface area contributed by atoms with Gasteiger partial charge in [0.05, 0.1) is 0 Å². The third-order valence-corrected chi connectivity index (χ3v) is 3.92. The van der Waals surface area contributed by atoms with Gasteiger partial charge in [0.25, 0.3) is 0 Å². The Balaban J connectivity index is 2.26. The fraction of sp³-hybridized carbons (Fsp3) is 0.733. The van der Waals surface area contributed by atoms with Crippen molar-refractivity contribution in [3.63, 3.8) is 0 Å². The first kappa shape index (κ1) is 15.0. The van der Waals surface area contributed by atoms with E-state index in [1.165, 1.54) is 5.56 Å². The molecule has 0 aliphatic carbocycles. The van der Waals surface area contributed by atoms with Crippen molar-refractivity contribution in [3.05, 3.63) is 11.9 Å². The molecule has 1 fully saturated rings. The van der Waals surface area contributed by atoms with E-state index in [0.717, 1.165) is 50.7 Å². The molecule has 0 spiro atoms. The average Bonchev–Trinajstić information content (AvgIpc) is 2.44. The summed E-state index contributed by atoms with van der Waals surface area (Å²) in [6.07, 6.45) is 3.76. The molecular weight excluding hydrogens is 250 g/mol. The summed E-state index contributed by atoms with van der Waals surface area (Å²) in [6.45, 7) is 10.8. The van der Waals surface area contributed by atoms with Gasteiger partial charge in [-0.3, -0.25) is 0 Å². The first-order valence-corrected chi connectivity index (χ1v) is 7.70. The van der Waals surface area contributed by atoms with Crippen molar-refractivity contribution >= 4 is 11.6 Å². The van der Waals surface area contributed by atoms with Crippen LogP contribution in [0.25, 0.3) is 0 Å². The molecule has 5 heteroatoms. The van der Waals surface area contributed by atoms with Crippen LogP contribution in [0.1, 0.15) is 32.8 Å². The van der Waals surface area contributed by atoms with Crippen LogP contribution < -0.4 is 10.2 Å². The summed E-state index contributed by atoms with van der Waals surface area (Å²) in [6, 6.07) is 0.493. The van der Waals surface area contributed by atoms with E-state index in [0.29, 0.717) is 6.04 Å². The highest BCUT2D eigenvalue weighted by Gasteiger charge is 2.25. The van der Waals surface area contributed by atoms with Gasteiger partial charge in [-0.2, -0.15) is 0 Å². The second-order valence-corrected chi connectivity index (χ2v) is 5.61. The van der Waals surface area contributed by atoms with Crippen molar-refractivity contribution in [2.45, 2.75) is 39.7 Å². The van der Waals surface area contributed by atoms with E-state index in [2.05, 4.69) is 52.9 Å². The summed E-state index contributed by atoms with van der Waals surface area (Å²) in [5.41, 5.74) is 1.25. The molecule has 1 aliphatic heterocycles. The highest BCUT2D eigenvalue weighted by molar-refractivity contribution is 5.59. The molecule has 0 amide bonds. The van der Waals surface area contributed by atoms with Crippen LogP contribution in [0, 0.1) is 0 Å². The van der Waals surface area contributed by atoms with Crippen LogP contribution in [0.5, 0.6) is 0 Å². The Kier molecular flexibility index (Phi) is 5.17. The summed E-state index contributed by atoms with van der Waals surface area (Å²) in [5.74, 6) is 2.12. The van der Waals surface area contributed by atoms with Crippen LogP contribution in [0.15, 0.2) is 6.33 Å². The summed E-state index contributed by atoms with van der Waals surface area (Å²) >= 11 is 0. The highest BCUT2D eigenvalue weighted by Crippen LogP contribution is 2.26. The molecule has 0 radical (unpaired) electrons. The molecule has 1 aliphatic rings. The second-order valence-electron chi connectivity index (χ2n) is 5.61. The molecular formula is C15H27N5. The zero-order valence-electron chi connectivity index (χ0n) is 13.2. The molecule has 1 atom stereocenters. The lowest BCUT2D eigenvalue weighted by molar-refractivity contribution is 0.274. The van der Waals surface area contributed by atoms with E-state index < -0.39 is 0 Å². The molecule has 1 unspecified atom stereocenters. The Morgan fingerprint density at radius 2 is 2.10 bits per heavy atom. The third kappa shape index (κ3) is 3.20. The van der Waals surface area contributed by atoms with Crippen molar-refractivity contribution in [3.8, 4) is 0 Å². The first-order chi connectivity index (χ1) is 9.67. The van der Waals surface area contributed by atoms with Crippen molar-refractivity contribution in [1.29, 1.82) is 0 Å². The van der Waals surface area contributed by atoms with Gasteiger partial charge in [0.1, 0.15) is 18.0 Å². The molecule has 1 aromatic rings. The van der Waals surface area contributed by atoms with E-state index in [-0.39, 0.29) is 0 Å². The number of nitrogens with zero attached hydrogens (tertiary/aromatic N) is 4. The number of nitrogens with one attached hydrogen (secondary N) is 1. The summed E-state index contributed by atoms with van der Waals surface area (Å²) in [7, 11) is 2.18. The van der Waals surface area contributed by atoms with Crippen LogP contribution in [0.2, 0.25) is 0 Å². The number of hydrogen-bond acceptors (Lipinski definition) is 5. The molecule has 0 aromatic carbocycles. The topological polar surface area (TPSA) is 44.3 Å². The summed E-state index contributed by atoms with van der Waals surface area (Å²) < 4.78 is 0. The molecule has 112 valence electrons. The van der Waals surface area contributed by atoms with Crippen molar-refractivity contribution in [1.82, 2.24) is 14.9 Å². The molecule has 20 heavy (non-hydrogen) atoms. The maximum Gasteiger partial charge on any atom is 0.137 e. The molecule has 1 saturated heterocycles. The zero-order chi connectivity index (χ0) is 14.5. The average molecular weight is 277 g/mol. The second kappa shape index (κ2) is 6.88. The van der Waals surface area contributed by atoms with Gasteiger partial charge in [0.15, 0.2) is 0 Å². The summed E-state index contributed by atoms with van der Waals surface area (Å²) in [5, 5.41) is 3.43. The van der Waals surface area contributed by atoms with Crippen molar-refractivity contribution < 1.29 is 0 Å². The Labute approximate surface area is 122 Å². The predicted molar refractivity (Wildman–Crippen MR) is 84.5 cm³/mol. The van der Waals surface area contributed by atoms with E-state index in [9.17, 15) is 0 Å². The highest BCUT2D eigenvalue weighted by atomic mass is 15.3. The Bertz CT molecular complexity index is 434. The molecule has 1 aromatic heterocycles. The Morgan fingerprint density at radius 1 is 1.30 bits per heavy atom. The monoisotopic (exact) mass is 277 g/mol. The lowest BCUT2D eigenvalue weighted by Crippen LogP contribution is -2.51. The first-order valence-electron chi connectivity index (χ1n) is 7.70. The van der Waals surface area contributed by atoms with E-state index in [1.54, 1.807) is 6.33 Å². The molecule has 0 bridgehead atoms. The molecule has 5 nitrogen and oxygen atoms in total. The minimum atomic E-state index is 0.493. The normalized spacial score (nSPS) is 20.2. The van der Waals surface area contributed by atoms with Gasteiger partial charge in [0.2, 0.25) is 0 Å². The van der Waals surface area contributed by atoms with E-state index in [1.807, 2.05) is 0 Å². The van der Waals surface area contributed by atoms with Gasteiger partial charge in [0, 0.05) is 37.8 Å². The number of aromatic nitrogens is 2. The van der Waals surface area contributed by atoms with Crippen LogP contribution in [-0.4, -0.2) is 54.1 Å². The smallest absolute Gasteiger partial charge is 0.137 e.